The number of hydrogen-bond acceptors (Lipinski definition) is 5. The highest BCUT2D eigenvalue weighted by Crippen LogP contribution is 2.32. The first-order valence-corrected chi connectivity index (χ1v) is 9.76. The van der Waals surface area contributed by atoms with Crippen LogP contribution in [0, 0.1) is 0 Å². The van der Waals surface area contributed by atoms with Gasteiger partial charge < -0.3 is 9.47 Å². The predicted molar refractivity (Wildman–Crippen MR) is 109 cm³/mol. The maximum atomic E-state index is 12.2. The van der Waals surface area contributed by atoms with Crippen LogP contribution in [0.2, 0.25) is 10.0 Å². The summed E-state index contributed by atoms with van der Waals surface area (Å²) < 4.78 is 11.0. The molecule has 3 aromatic rings. The second-order valence-corrected chi connectivity index (χ2v) is 7.08. The molecule has 27 heavy (non-hydrogen) atoms. The molecule has 0 atom stereocenters. The van der Waals surface area contributed by atoms with Gasteiger partial charge in [-0.1, -0.05) is 35.3 Å². The Kier molecular flexibility index (Phi) is 6.55. The van der Waals surface area contributed by atoms with Crippen molar-refractivity contribution in [1.82, 2.24) is 4.98 Å². The fourth-order valence-electron chi connectivity index (χ4n) is 2.29. The molecule has 2 aromatic carbocycles. The molecule has 3 rings (SSSR count). The first kappa shape index (κ1) is 19.5. The number of para-hydroxylation sites is 2. The molecule has 1 amide bonds. The highest BCUT2D eigenvalue weighted by atomic mass is 35.5. The molecule has 5 nitrogen and oxygen atoms in total. The molecule has 1 aromatic heterocycles. The van der Waals surface area contributed by atoms with Gasteiger partial charge in [-0.15, -0.1) is 11.3 Å². The zero-order valence-corrected chi connectivity index (χ0v) is 16.7. The molecule has 0 bridgehead atoms. The summed E-state index contributed by atoms with van der Waals surface area (Å²) >= 11 is 13.4. The number of nitrogens with one attached hydrogen (secondary N) is 1. The van der Waals surface area contributed by atoms with Crippen LogP contribution in [0.4, 0.5) is 5.13 Å². The summed E-state index contributed by atoms with van der Waals surface area (Å²) in [6, 6.07) is 12.4. The SMILES string of the molecule is CCOc1ccccc1OCC(=O)Nc1nc(-c2ccc(Cl)cc2Cl)cs1. The molecule has 0 saturated heterocycles. The number of thiazole rings is 1. The third-order valence-corrected chi connectivity index (χ3v) is 4.77. The van der Waals surface area contributed by atoms with Gasteiger partial charge in [0.2, 0.25) is 0 Å². The number of carbonyl (C=O) groups is 1. The molecule has 0 saturated carbocycles. The third kappa shape index (κ3) is 5.13. The van der Waals surface area contributed by atoms with E-state index >= 15 is 0 Å². The van der Waals surface area contributed by atoms with E-state index in [2.05, 4.69) is 10.3 Å². The van der Waals surface area contributed by atoms with E-state index in [4.69, 9.17) is 32.7 Å². The van der Waals surface area contributed by atoms with Gasteiger partial charge in [0, 0.05) is 16.0 Å². The summed E-state index contributed by atoms with van der Waals surface area (Å²) in [6.07, 6.45) is 0. The summed E-state index contributed by atoms with van der Waals surface area (Å²) in [4.78, 5) is 16.6. The molecule has 1 heterocycles. The van der Waals surface area contributed by atoms with Crippen LogP contribution >= 0.6 is 34.5 Å². The van der Waals surface area contributed by atoms with Crippen LogP contribution in [0.15, 0.2) is 47.8 Å². The van der Waals surface area contributed by atoms with Gasteiger partial charge in [-0.3, -0.25) is 10.1 Å². The lowest BCUT2D eigenvalue weighted by atomic mass is 10.2. The van der Waals surface area contributed by atoms with Gasteiger partial charge in [-0.2, -0.15) is 0 Å². The van der Waals surface area contributed by atoms with Crippen LogP contribution in [-0.2, 0) is 4.79 Å². The minimum Gasteiger partial charge on any atom is -0.490 e. The first-order valence-electron chi connectivity index (χ1n) is 8.12. The molecule has 0 unspecified atom stereocenters. The zero-order valence-electron chi connectivity index (χ0n) is 14.4. The number of amides is 1. The van der Waals surface area contributed by atoms with E-state index in [1.807, 2.05) is 24.4 Å². The molecule has 0 aliphatic rings. The first-order chi connectivity index (χ1) is 13.1. The van der Waals surface area contributed by atoms with Crippen molar-refractivity contribution in [2.24, 2.45) is 0 Å². The fraction of sp³-hybridized carbons (Fsp3) is 0.158. The number of nitrogens with zero attached hydrogens (tertiary/aromatic N) is 1. The van der Waals surface area contributed by atoms with E-state index < -0.39 is 0 Å². The van der Waals surface area contributed by atoms with Gasteiger partial charge in [-0.25, -0.2) is 4.98 Å². The maximum absolute atomic E-state index is 12.2. The molecule has 0 spiro atoms. The molecule has 1 N–H and O–H groups in total. The summed E-state index contributed by atoms with van der Waals surface area (Å²) in [5.41, 5.74) is 1.42. The second kappa shape index (κ2) is 9.08. The molecule has 0 aliphatic carbocycles. The number of carbonyl (C=O) groups excluding carboxylic acids is 1. The number of ether oxygens (including phenoxy) is 2. The van der Waals surface area contributed by atoms with Crippen LogP contribution in [0.5, 0.6) is 11.5 Å². The van der Waals surface area contributed by atoms with Gasteiger partial charge >= 0.3 is 0 Å². The number of halogens is 2. The van der Waals surface area contributed by atoms with Crippen molar-refractivity contribution >= 4 is 45.6 Å². The summed E-state index contributed by atoms with van der Waals surface area (Å²) in [5, 5.41) is 6.05. The van der Waals surface area contributed by atoms with Gasteiger partial charge in [0.1, 0.15) is 0 Å². The molecular formula is C19H16Cl2N2O3S. The van der Waals surface area contributed by atoms with Crippen LogP contribution in [-0.4, -0.2) is 24.1 Å². The maximum Gasteiger partial charge on any atom is 0.264 e. The molecule has 8 heteroatoms. The van der Waals surface area contributed by atoms with Gasteiger partial charge in [0.15, 0.2) is 23.2 Å². The number of benzene rings is 2. The van der Waals surface area contributed by atoms with Crippen LogP contribution in [0.1, 0.15) is 6.92 Å². The lowest BCUT2D eigenvalue weighted by Gasteiger charge is -2.11. The average Bonchev–Trinajstić information content (AvgIpc) is 3.09. The van der Waals surface area contributed by atoms with Crippen LogP contribution in [0.25, 0.3) is 11.3 Å². The van der Waals surface area contributed by atoms with E-state index in [9.17, 15) is 4.79 Å². The zero-order chi connectivity index (χ0) is 19.2. The van der Waals surface area contributed by atoms with E-state index in [0.29, 0.717) is 39.0 Å². The minimum absolute atomic E-state index is 0.152. The van der Waals surface area contributed by atoms with Gasteiger partial charge in [0.25, 0.3) is 5.91 Å². The van der Waals surface area contributed by atoms with Crippen molar-refractivity contribution in [3.05, 3.63) is 57.9 Å². The van der Waals surface area contributed by atoms with Crippen molar-refractivity contribution in [3.8, 4) is 22.8 Å². The summed E-state index contributed by atoms with van der Waals surface area (Å²) in [6.45, 7) is 2.25. The standard InChI is InChI=1S/C19H16Cl2N2O3S/c1-2-25-16-5-3-4-6-17(16)26-10-18(24)23-19-22-15(11-27-19)13-8-7-12(20)9-14(13)21/h3-9,11H,2,10H2,1H3,(H,22,23,24). The summed E-state index contributed by atoms with van der Waals surface area (Å²) in [7, 11) is 0. The largest absolute Gasteiger partial charge is 0.490 e. The second-order valence-electron chi connectivity index (χ2n) is 5.38. The van der Waals surface area contributed by atoms with Crippen molar-refractivity contribution in [2.45, 2.75) is 6.92 Å². The highest BCUT2D eigenvalue weighted by Gasteiger charge is 2.12. The van der Waals surface area contributed by atoms with Crippen molar-refractivity contribution in [2.75, 3.05) is 18.5 Å². The lowest BCUT2D eigenvalue weighted by Crippen LogP contribution is -2.20. The van der Waals surface area contributed by atoms with E-state index in [1.165, 1.54) is 11.3 Å². The van der Waals surface area contributed by atoms with E-state index in [-0.39, 0.29) is 12.5 Å². The predicted octanol–water partition coefficient (Wildman–Crippen LogP) is 5.53. The normalized spacial score (nSPS) is 10.5. The van der Waals surface area contributed by atoms with E-state index in [1.54, 1.807) is 30.3 Å². The Labute approximate surface area is 170 Å². The quantitative estimate of drug-likeness (QED) is 0.543. The number of aromatic nitrogens is 1. The fourth-order valence-corrected chi connectivity index (χ4v) is 3.53. The Morgan fingerprint density at radius 2 is 1.89 bits per heavy atom. The Morgan fingerprint density at radius 3 is 2.59 bits per heavy atom. The number of rotatable bonds is 7. The smallest absolute Gasteiger partial charge is 0.264 e. The average molecular weight is 423 g/mol. The third-order valence-electron chi connectivity index (χ3n) is 3.47. The van der Waals surface area contributed by atoms with Crippen molar-refractivity contribution < 1.29 is 14.3 Å². The molecular weight excluding hydrogens is 407 g/mol. The van der Waals surface area contributed by atoms with Crippen molar-refractivity contribution in [3.63, 3.8) is 0 Å². The molecule has 140 valence electrons. The van der Waals surface area contributed by atoms with E-state index in [0.717, 1.165) is 5.56 Å². The molecule has 0 radical (unpaired) electrons. The Hall–Kier alpha value is -2.28. The molecule has 0 fully saturated rings. The summed E-state index contributed by atoms with van der Waals surface area (Å²) in [5.74, 6) is 0.799. The Balaban J connectivity index is 1.61. The topological polar surface area (TPSA) is 60.5 Å². The minimum atomic E-state index is -0.315. The van der Waals surface area contributed by atoms with Gasteiger partial charge in [-0.05, 0) is 37.3 Å². The number of hydrogen-bond donors (Lipinski definition) is 1. The van der Waals surface area contributed by atoms with Gasteiger partial charge in [0.05, 0.1) is 17.3 Å². The van der Waals surface area contributed by atoms with Crippen LogP contribution in [0.3, 0.4) is 0 Å². The lowest BCUT2D eigenvalue weighted by molar-refractivity contribution is -0.118. The van der Waals surface area contributed by atoms with Crippen LogP contribution < -0.4 is 14.8 Å². The molecule has 0 aliphatic heterocycles. The Bertz CT molecular complexity index is 946. The highest BCUT2D eigenvalue weighted by molar-refractivity contribution is 7.14. The number of anilines is 1. The monoisotopic (exact) mass is 422 g/mol. The Morgan fingerprint density at radius 1 is 1.15 bits per heavy atom. The van der Waals surface area contributed by atoms with Crippen molar-refractivity contribution in [1.29, 1.82) is 0 Å².